The Balaban J connectivity index is 1.89. The van der Waals surface area contributed by atoms with E-state index in [1.807, 2.05) is 0 Å². The molecule has 0 radical (unpaired) electrons. The first-order valence-electron chi connectivity index (χ1n) is 7.64. The molecule has 4 heteroatoms. The number of rotatable bonds is 5. The molecule has 0 saturated heterocycles. The second kappa shape index (κ2) is 7.23. The van der Waals surface area contributed by atoms with E-state index in [1.165, 1.54) is 29.7 Å². The van der Waals surface area contributed by atoms with Gasteiger partial charge in [0.05, 0.1) is 11.0 Å². The fourth-order valence-electron chi connectivity index (χ4n) is 2.80. The Labute approximate surface area is 125 Å². The third kappa shape index (κ3) is 4.32. The summed E-state index contributed by atoms with van der Waals surface area (Å²) in [6.07, 6.45) is 6.47. The summed E-state index contributed by atoms with van der Waals surface area (Å²) in [6.45, 7) is 4.47. The zero-order valence-corrected chi connectivity index (χ0v) is 13.3. The molecule has 0 fully saturated rings. The number of amides is 1. The second-order valence-electron chi connectivity index (χ2n) is 6.02. The number of hydrogen-bond donors (Lipinski definition) is 2. The van der Waals surface area contributed by atoms with Crippen molar-refractivity contribution in [1.82, 2.24) is 5.32 Å². The summed E-state index contributed by atoms with van der Waals surface area (Å²) in [5.74, 6) is 0.345. The molecule has 2 atom stereocenters. The molecule has 0 aromatic carbocycles. The van der Waals surface area contributed by atoms with Crippen LogP contribution in [0.5, 0.6) is 0 Å². The first-order chi connectivity index (χ1) is 9.56. The smallest absolute Gasteiger partial charge is 0.261 e. The molecule has 1 aliphatic carbocycles. The predicted octanol–water partition coefficient (Wildman–Crippen LogP) is 3.15. The number of fused-ring (bicyclic) bond motifs is 1. The molecule has 0 bridgehead atoms. The van der Waals surface area contributed by atoms with Gasteiger partial charge in [-0.05, 0) is 56.6 Å². The van der Waals surface area contributed by atoms with Crippen molar-refractivity contribution in [3.63, 3.8) is 0 Å². The first kappa shape index (κ1) is 15.5. The average molecular weight is 295 g/mol. The van der Waals surface area contributed by atoms with E-state index < -0.39 is 0 Å². The second-order valence-corrected chi connectivity index (χ2v) is 7.16. The highest BCUT2D eigenvalue weighted by molar-refractivity contribution is 7.14. The maximum atomic E-state index is 12.2. The van der Waals surface area contributed by atoms with E-state index in [-0.39, 0.29) is 12.0 Å². The van der Waals surface area contributed by atoms with Gasteiger partial charge in [0, 0.05) is 11.4 Å². The van der Waals surface area contributed by atoms with Crippen molar-refractivity contribution < 1.29 is 9.90 Å². The van der Waals surface area contributed by atoms with Crippen molar-refractivity contribution in [3.05, 3.63) is 21.4 Å². The van der Waals surface area contributed by atoms with Gasteiger partial charge in [-0.15, -0.1) is 11.3 Å². The van der Waals surface area contributed by atoms with Crippen molar-refractivity contribution in [3.8, 4) is 0 Å². The van der Waals surface area contributed by atoms with Gasteiger partial charge in [0.1, 0.15) is 0 Å². The number of aliphatic hydroxyl groups is 1. The van der Waals surface area contributed by atoms with Gasteiger partial charge in [-0.1, -0.05) is 13.3 Å². The van der Waals surface area contributed by atoms with Crippen molar-refractivity contribution in [2.75, 3.05) is 6.54 Å². The van der Waals surface area contributed by atoms with Crippen LogP contribution in [0.25, 0.3) is 0 Å². The SMILES string of the molecule is CC(O)CC(C)CNC(=O)c1cc2c(s1)CCCCC2. The van der Waals surface area contributed by atoms with Crippen LogP contribution < -0.4 is 5.32 Å². The zero-order chi connectivity index (χ0) is 14.5. The van der Waals surface area contributed by atoms with Crippen molar-refractivity contribution in [2.45, 2.75) is 58.5 Å². The predicted molar refractivity (Wildman–Crippen MR) is 83.4 cm³/mol. The van der Waals surface area contributed by atoms with Gasteiger partial charge in [-0.2, -0.15) is 0 Å². The monoisotopic (exact) mass is 295 g/mol. The first-order valence-corrected chi connectivity index (χ1v) is 8.45. The van der Waals surface area contributed by atoms with Crippen molar-refractivity contribution in [2.24, 2.45) is 5.92 Å². The van der Waals surface area contributed by atoms with Crippen molar-refractivity contribution in [1.29, 1.82) is 0 Å². The molecule has 0 saturated carbocycles. The molecule has 2 unspecified atom stereocenters. The molecule has 2 N–H and O–H groups in total. The number of aliphatic hydroxyl groups excluding tert-OH is 1. The van der Waals surface area contributed by atoms with Crippen LogP contribution in [0.15, 0.2) is 6.07 Å². The molecule has 0 spiro atoms. The molecular weight excluding hydrogens is 270 g/mol. The minimum absolute atomic E-state index is 0.0421. The third-order valence-electron chi connectivity index (χ3n) is 3.82. The van der Waals surface area contributed by atoms with Gasteiger partial charge >= 0.3 is 0 Å². The number of thiophene rings is 1. The van der Waals surface area contributed by atoms with Crippen LogP contribution in [0.3, 0.4) is 0 Å². The number of carbonyl (C=O) groups is 1. The van der Waals surface area contributed by atoms with Gasteiger partial charge < -0.3 is 10.4 Å². The maximum Gasteiger partial charge on any atom is 0.261 e. The van der Waals surface area contributed by atoms with Crippen LogP contribution in [-0.4, -0.2) is 23.7 Å². The normalized spacial score (nSPS) is 17.9. The Hall–Kier alpha value is -0.870. The highest BCUT2D eigenvalue weighted by Crippen LogP contribution is 2.28. The molecule has 112 valence electrons. The van der Waals surface area contributed by atoms with Gasteiger partial charge in [-0.3, -0.25) is 4.79 Å². The Kier molecular flexibility index (Phi) is 5.61. The standard InChI is InChI=1S/C16H25NO2S/c1-11(8-12(2)18)10-17-16(19)15-9-13-6-4-3-5-7-14(13)20-15/h9,11-12,18H,3-8,10H2,1-2H3,(H,17,19). The molecule has 0 aliphatic heterocycles. The lowest BCUT2D eigenvalue weighted by atomic mass is 10.0. The maximum absolute atomic E-state index is 12.2. The summed E-state index contributed by atoms with van der Waals surface area (Å²) in [5, 5.41) is 12.3. The molecule has 2 rings (SSSR count). The molecule has 1 aromatic heterocycles. The summed E-state index contributed by atoms with van der Waals surface area (Å²) in [7, 11) is 0. The summed E-state index contributed by atoms with van der Waals surface area (Å²) in [6, 6.07) is 2.08. The highest BCUT2D eigenvalue weighted by atomic mass is 32.1. The number of aryl methyl sites for hydroxylation is 2. The summed E-state index contributed by atoms with van der Waals surface area (Å²) < 4.78 is 0. The van der Waals surface area contributed by atoms with Crippen LogP contribution >= 0.6 is 11.3 Å². The number of carbonyl (C=O) groups excluding carboxylic acids is 1. The highest BCUT2D eigenvalue weighted by Gasteiger charge is 2.17. The molecule has 1 amide bonds. The Morgan fingerprint density at radius 1 is 1.35 bits per heavy atom. The topological polar surface area (TPSA) is 49.3 Å². The minimum atomic E-state index is -0.306. The lowest BCUT2D eigenvalue weighted by Crippen LogP contribution is -2.28. The Morgan fingerprint density at radius 2 is 2.10 bits per heavy atom. The lowest BCUT2D eigenvalue weighted by Gasteiger charge is -2.13. The molecule has 1 aliphatic rings. The van der Waals surface area contributed by atoms with E-state index >= 15 is 0 Å². The fraction of sp³-hybridized carbons (Fsp3) is 0.688. The zero-order valence-electron chi connectivity index (χ0n) is 12.4. The van der Waals surface area contributed by atoms with Crippen LogP contribution in [0, 0.1) is 5.92 Å². The minimum Gasteiger partial charge on any atom is -0.393 e. The molecule has 1 heterocycles. The van der Waals surface area contributed by atoms with E-state index in [0.29, 0.717) is 12.5 Å². The van der Waals surface area contributed by atoms with E-state index in [1.54, 1.807) is 18.3 Å². The lowest BCUT2D eigenvalue weighted by molar-refractivity contribution is 0.0943. The molecule has 20 heavy (non-hydrogen) atoms. The van der Waals surface area contributed by atoms with Crippen molar-refractivity contribution >= 4 is 17.2 Å². The summed E-state index contributed by atoms with van der Waals surface area (Å²) in [5.41, 5.74) is 1.38. The van der Waals surface area contributed by atoms with E-state index in [9.17, 15) is 9.90 Å². The van der Waals surface area contributed by atoms with Gasteiger partial charge in [0.25, 0.3) is 5.91 Å². The Morgan fingerprint density at radius 3 is 2.85 bits per heavy atom. The summed E-state index contributed by atoms with van der Waals surface area (Å²) >= 11 is 1.66. The van der Waals surface area contributed by atoms with Gasteiger partial charge in [0.2, 0.25) is 0 Å². The fourth-order valence-corrected chi connectivity index (χ4v) is 3.97. The number of hydrogen-bond acceptors (Lipinski definition) is 3. The van der Waals surface area contributed by atoms with Gasteiger partial charge in [-0.25, -0.2) is 0 Å². The quantitative estimate of drug-likeness (QED) is 0.820. The molecular formula is C16H25NO2S. The molecule has 1 aromatic rings. The third-order valence-corrected chi connectivity index (χ3v) is 5.06. The summed E-state index contributed by atoms with van der Waals surface area (Å²) in [4.78, 5) is 14.4. The number of nitrogens with one attached hydrogen (secondary N) is 1. The van der Waals surface area contributed by atoms with Crippen LogP contribution in [-0.2, 0) is 12.8 Å². The average Bonchev–Trinajstić information content (AvgIpc) is 2.67. The van der Waals surface area contributed by atoms with Crippen LogP contribution in [0.4, 0.5) is 0 Å². The largest absolute Gasteiger partial charge is 0.393 e. The van der Waals surface area contributed by atoms with E-state index in [2.05, 4.69) is 18.3 Å². The van der Waals surface area contributed by atoms with Crippen LogP contribution in [0.2, 0.25) is 0 Å². The van der Waals surface area contributed by atoms with E-state index in [0.717, 1.165) is 24.1 Å². The molecule has 3 nitrogen and oxygen atoms in total. The van der Waals surface area contributed by atoms with Crippen LogP contribution in [0.1, 0.15) is 59.6 Å². The van der Waals surface area contributed by atoms with Gasteiger partial charge in [0.15, 0.2) is 0 Å². The van der Waals surface area contributed by atoms with E-state index in [4.69, 9.17) is 0 Å². The Bertz CT molecular complexity index is 430.